The standard InChI is InChI=1S/C30H44F3N7O2/c1-19-6-5-9-37(12-19)13-21-10-25(30(31,32)33)26-17-39(29(42)40(26)14-21)24-8-4-7-22(11-24)27(28-35-34-18-36(28)3)23-15-38(16-23)20(2)41/h10,14,17,19,22-24,27-28,34-35H,4-9,11-13,15-16,18H2,1-3H3/t19-,22?,24?,27+,28?/m0/s1. The lowest BCUT2D eigenvalue weighted by Gasteiger charge is -2.49. The van der Waals surface area contributed by atoms with Crippen molar-refractivity contribution in [1.82, 2.24) is 34.5 Å². The minimum atomic E-state index is -4.56. The number of fused-ring (bicyclic) bond motifs is 1. The fraction of sp³-hybridized carbons (Fsp3) is 0.733. The number of imidazole rings is 1. The van der Waals surface area contributed by atoms with Gasteiger partial charge in [-0.2, -0.15) is 13.2 Å². The van der Waals surface area contributed by atoms with Crippen LogP contribution in [0.25, 0.3) is 5.52 Å². The molecule has 3 aliphatic heterocycles. The van der Waals surface area contributed by atoms with Gasteiger partial charge in [-0.3, -0.25) is 23.6 Å². The van der Waals surface area contributed by atoms with Crippen molar-refractivity contribution < 1.29 is 18.0 Å². The van der Waals surface area contributed by atoms with E-state index < -0.39 is 17.4 Å². The molecule has 3 unspecified atom stereocenters. The van der Waals surface area contributed by atoms with Gasteiger partial charge in [-0.15, -0.1) is 0 Å². The Bertz CT molecular complexity index is 1350. The Hall–Kier alpha value is -2.41. The minimum absolute atomic E-state index is 0.0700. The van der Waals surface area contributed by atoms with Gasteiger partial charge >= 0.3 is 11.9 Å². The van der Waals surface area contributed by atoms with E-state index in [2.05, 4.69) is 34.6 Å². The zero-order chi connectivity index (χ0) is 29.8. The van der Waals surface area contributed by atoms with E-state index in [4.69, 9.17) is 0 Å². The number of likely N-dealkylation sites (tertiary alicyclic amines) is 2. The number of halogens is 3. The van der Waals surface area contributed by atoms with E-state index in [1.54, 1.807) is 17.7 Å². The molecule has 2 aromatic heterocycles. The maximum absolute atomic E-state index is 14.3. The maximum atomic E-state index is 14.3. The van der Waals surface area contributed by atoms with Crippen molar-refractivity contribution in [3.05, 3.63) is 40.1 Å². The van der Waals surface area contributed by atoms with Crippen molar-refractivity contribution in [3.63, 3.8) is 0 Å². The van der Waals surface area contributed by atoms with Crippen molar-refractivity contribution in [1.29, 1.82) is 0 Å². The summed E-state index contributed by atoms with van der Waals surface area (Å²) >= 11 is 0. The quantitative estimate of drug-likeness (QED) is 0.536. The largest absolute Gasteiger partial charge is 0.418 e. The van der Waals surface area contributed by atoms with Crippen molar-refractivity contribution in [3.8, 4) is 0 Å². The van der Waals surface area contributed by atoms with Gasteiger partial charge in [0.25, 0.3) is 0 Å². The second-order valence-electron chi connectivity index (χ2n) is 13.3. The van der Waals surface area contributed by atoms with E-state index >= 15 is 0 Å². The third-order valence-corrected chi connectivity index (χ3v) is 10.2. The van der Waals surface area contributed by atoms with E-state index in [0.29, 0.717) is 30.6 Å². The summed E-state index contributed by atoms with van der Waals surface area (Å²) in [4.78, 5) is 32.0. The zero-order valence-corrected chi connectivity index (χ0v) is 24.9. The number of hydrogen-bond acceptors (Lipinski definition) is 6. The van der Waals surface area contributed by atoms with E-state index in [0.717, 1.165) is 64.7 Å². The first-order valence-corrected chi connectivity index (χ1v) is 15.5. The summed E-state index contributed by atoms with van der Waals surface area (Å²) in [7, 11) is 2.07. The second kappa shape index (κ2) is 11.6. The highest BCUT2D eigenvalue weighted by molar-refractivity contribution is 5.74. The lowest BCUT2D eigenvalue weighted by atomic mass is 9.69. The van der Waals surface area contributed by atoms with Crippen LogP contribution in [0, 0.1) is 23.7 Å². The average Bonchev–Trinajstić information content (AvgIpc) is 3.47. The molecule has 0 aromatic carbocycles. The molecule has 12 heteroatoms. The molecule has 5 heterocycles. The monoisotopic (exact) mass is 591 g/mol. The number of rotatable bonds is 6. The van der Waals surface area contributed by atoms with Crippen LogP contribution in [0.4, 0.5) is 13.2 Å². The van der Waals surface area contributed by atoms with Gasteiger partial charge in [0, 0.05) is 51.5 Å². The second-order valence-corrected chi connectivity index (χ2v) is 13.3. The highest BCUT2D eigenvalue weighted by Gasteiger charge is 2.46. The van der Waals surface area contributed by atoms with Gasteiger partial charge in [-0.1, -0.05) is 13.3 Å². The van der Waals surface area contributed by atoms with Crippen LogP contribution in [0.2, 0.25) is 0 Å². The van der Waals surface area contributed by atoms with E-state index in [1.807, 2.05) is 4.90 Å². The van der Waals surface area contributed by atoms with Gasteiger partial charge < -0.3 is 4.90 Å². The molecular formula is C30H44F3N7O2. The Morgan fingerprint density at radius 3 is 2.55 bits per heavy atom. The molecule has 3 saturated heterocycles. The molecular weight excluding hydrogens is 547 g/mol. The number of alkyl halides is 3. The fourth-order valence-corrected chi connectivity index (χ4v) is 8.12. The van der Waals surface area contributed by atoms with Gasteiger partial charge in [0.2, 0.25) is 5.91 Å². The van der Waals surface area contributed by atoms with Crippen LogP contribution in [-0.2, 0) is 17.5 Å². The van der Waals surface area contributed by atoms with Crippen LogP contribution in [0.3, 0.4) is 0 Å². The first-order valence-electron chi connectivity index (χ1n) is 15.5. The molecule has 4 aliphatic rings. The van der Waals surface area contributed by atoms with Crippen molar-refractivity contribution in [2.45, 2.75) is 77.3 Å². The molecule has 232 valence electrons. The summed E-state index contributed by atoms with van der Waals surface area (Å²) in [5, 5.41) is 0. The zero-order valence-electron chi connectivity index (χ0n) is 24.9. The molecule has 6 rings (SSSR count). The molecule has 0 spiro atoms. The third-order valence-electron chi connectivity index (χ3n) is 10.2. The van der Waals surface area contributed by atoms with E-state index in [9.17, 15) is 22.8 Å². The third kappa shape index (κ3) is 5.75. The molecule has 1 saturated carbocycles. The molecule has 4 fully saturated rings. The number of hydrazine groups is 1. The van der Waals surface area contributed by atoms with Crippen LogP contribution < -0.4 is 16.5 Å². The number of pyridine rings is 1. The number of carbonyl (C=O) groups excluding carboxylic acids is 1. The number of aromatic nitrogens is 2. The first kappa shape index (κ1) is 29.7. The Morgan fingerprint density at radius 2 is 1.88 bits per heavy atom. The van der Waals surface area contributed by atoms with Crippen molar-refractivity contribution in [2.75, 3.05) is 39.9 Å². The fourth-order valence-electron chi connectivity index (χ4n) is 8.12. The molecule has 1 aliphatic carbocycles. The van der Waals surface area contributed by atoms with Crippen molar-refractivity contribution >= 4 is 11.4 Å². The summed E-state index contributed by atoms with van der Waals surface area (Å²) in [6, 6.07) is 1.07. The predicted octanol–water partition coefficient (Wildman–Crippen LogP) is 3.50. The van der Waals surface area contributed by atoms with Gasteiger partial charge in [-0.25, -0.2) is 15.6 Å². The number of piperidine rings is 1. The normalized spacial score (nSPS) is 29.2. The number of carbonyl (C=O) groups is 1. The number of hydrogen-bond donors (Lipinski definition) is 2. The summed E-state index contributed by atoms with van der Waals surface area (Å²) < 4.78 is 45.8. The van der Waals surface area contributed by atoms with Gasteiger partial charge in [-0.05, 0) is 81.0 Å². The molecule has 5 atom stereocenters. The number of nitrogens with one attached hydrogen (secondary N) is 2. The molecule has 2 aromatic rings. The van der Waals surface area contributed by atoms with Crippen LogP contribution in [0.1, 0.15) is 69.5 Å². The van der Waals surface area contributed by atoms with Crippen LogP contribution in [0.5, 0.6) is 0 Å². The Kier molecular flexibility index (Phi) is 8.18. The highest BCUT2D eigenvalue weighted by atomic mass is 19.4. The lowest BCUT2D eigenvalue weighted by molar-refractivity contribution is -0.138. The molecule has 2 N–H and O–H groups in total. The smallest absolute Gasteiger partial charge is 0.342 e. The first-order chi connectivity index (χ1) is 20.0. The van der Waals surface area contributed by atoms with E-state index in [1.165, 1.54) is 16.7 Å². The summed E-state index contributed by atoms with van der Waals surface area (Å²) in [6.45, 7) is 8.04. The Balaban J connectivity index is 1.29. The van der Waals surface area contributed by atoms with Gasteiger partial charge in [0.15, 0.2) is 0 Å². The van der Waals surface area contributed by atoms with Gasteiger partial charge in [0.1, 0.15) is 0 Å². The Morgan fingerprint density at radius 1 is 1.10 bits per heavy atom. The lowest BCUT2D eigenvalue weighted by Crippen LogP contribution is -2.59. The van der Waals surface area contributed by atoms with Crippen LogP contribution >= 0.6 is 0 Å². The predicted molar refractivity (Wildman–Crippen MR) is 153 cm³/mol. The highest BCUT2D eigenvalue weighted by Crippen LogP contribution is 2.44. The van der Waals surface area contributed by atoms with E-state index in [-0.39, 0.29) is 35.5 Å². The molecule has 9 nitrogen and oxygen atoms in total. The molecule has 0 radical (unpaired) electrons. The SMILES string of the molecule is CC(=O)N1CC([C@@H](C2CCCC(n3cc4c(C(F)(F)F)cc(CN5CCC[C@H](C)C5)cn4c3=O)C2)C2NNCN2C)C1. The minimum Gasteiger partial charge on any atom is -0.342 e. The maximum Gasteiger partial charge on any atom is 0.418 e. The topological polar surface area (TPSA) is 77.3 Å². The molecule has 1 amide bonds. The average molecular weight is 592 g/mol. The Labute approximate surface area is 245 Å². The number of amides is 1. The van der Waals surface area contributed by atoms with Gasteiger partial charge in [0.05, 0.1) is 23.9 Å². The summed E-state index contributed by atoms with van der Waals surface area (Å²) in [6.07, 6.45) is 4.16. The molecule has 42 heavy (non-hydrogen) atoms. The van der Waals surface area contributed by atoms with Crippen LogP contribution in [-0.4, -0.2) is 75.6 Å². The van der Waals surface area contributed by atoms with Crippen molar-refractivity contribution in [2.24, 2.45) is 23.7 Å². The summed E-state index contributed by atoms with van der Waals surface area (Å²) in [5.74, 6) is 1.45. The number of nitrogens with zero attached hydrogens (tertiary/aromatic N) is 5. The van der Waals surface area contributed by atoms with Crippen LogP contribution in [0.15, 0.2) is 23.3 Å². The summed E-state index contributed by atoms with van der Waals surface area (Å²) in [5.41, 5.74) is 5.97. The molecule has 0 bridgehead atoms.